The van der Waals surface area contributed by atoms with Crippen LogP contribution in [0.3, 0.4) is 0 Å². The van der Waals surface area contributed by atoms with Gasteiger partial charge in [-0.2, -0.15) is 0 Å². The molecule has 0 aromatic rings. The van der Waals surface area contributed by atoms with Gasteiger partial charge in [-0.1, -0.05) is 0 Å². The molecular formula is C10H18N2O4. The van der Waals surface area contributed by atoms with Gasteiger partial charge in [0.05, 0.1) is 11.6 Å². The van der Waals surface area contributed by atoms with Gasteiger partial charge in [0.1, 0.15) is 6.04 Å². The maximum Gasteiger partial charge on any atom is 0.326 e. The Labute approximate surface area is 94.3 Å². The van der Waals surface area contributed by atoms with Gasteiger partial charge in [-0.3, -0.25) is 4.79 Å². The van der Waals surface area contributed by atoms with E-state index in [0.29, 0.717) is 6.42 Å². The van der Waals surface area contributed by atoms with Gasteiger partial charge in [0.15, 0.2) is 0 Å². The van der Waals surface area contributed by atoms with Gasteiger partial charge in [0.25, 0.3) is 0 Å². The zero-order chi connectivity index (χ0) is 12.5. The zero-order valence-corrected chi connectivity index (χ0v) is 9.77. The Balaban J connectivity index is 2.85. The van der Waals surface area contributed by atoms with E-state index < -0.39 is 17.6 Å². The van der Waals surface area contributed by atoms with Crippen molar-refractivity contribution < 1.29 is 19.4 Å². The Morgan fingerprint density at radius 2 is 2.06 bits per heavy atom. The first kappa shape index (κ1) is 12.9. The Hall–Kier alpha value is -1.14. The number of nitrogens with two attached hydrogens (primary N) is 1. The summed E-state index contributed by atoms with van der Waals surface area (Å²) in [5.74, 6) is -1.38. The van der Waals surface area contributed by atoms with E-state index in [1.807, 2.05) is 0 Å². The molecule has 1 saturated heterocycles. The minimum atomic E-state index is -1.06. The van der Waals surface area contributed by atoms with Crippen molar-refractivity contribution in [2.24, 2.45) is 5.73 Å². The molecule has 1 amide bonds. The third kappa shape index (κ3) is 2.51. The molecule has 2 unspecified atom stereocenters. The molecule has 0 saturated carbocycles. The molecule has 16 heavy (non-hydrogen) atoms. The summed E-state index contributed by atoms with van der Waals surface area (Å²) in [6.45, 7) is 3.41. The van der Waals surface area contributed by atoms with Gasteiger partial charge in [0, 0.05) is 20.1 Å². The molecule has 1 aliphatic rings. The first-order valence-electron chi connectivity index (χ1n) is 5.13. The lowest BCUT2D eigenvalue weighted by Crippen LogP contribution is -2.54. The van der Waals surface area contributed by atoms with Gasteiger partial charge in [0.2, 0.25) is 5.91 Å². The average Bonchev–Trinajstić information content (AvgIpc) is 2.58. The fourth-order valence-electron chi connectivity index (χ4n) is 1.80. The van der Waals surface area contributed by atoms with Crippen LogP contribution in [-0.2, 0) is 14.3 Å². The SMILES string of the molecule is COC1CC(C(=O)O)N(C(=O)C(C)(C)N)C1. The molecule has 3 N–H and O–H groups in total. The van der Waals surface area contributed by atoms with E-state index in [2.05, 4.69) is 0 Å². The van der Waals surface area contributed by atoms with Crippen molar-refractivity contribution in [3.05, 3.63) is 0 Å². The van der Waals surface area contributed by atoms with Crippen LogP contribution in [0.1, 0.15) is 20.3 Å². The maximum atomic E-state index is 11.9. The number of amides is 1. The molecule has 0 aromatic heterocycles. The number of aliphatic carboxylic acids is 1. The molecule has 1 fully saturated rings. The summed E-state index contributed by atoms with van der Waals surface area (Å²) < 4.78 is 5.09. The number of carbonyl (C=O) groups is 2. The van der Waals surface area contributed by atoms with E-state index in [0.717, 1.165) is 0 Å². The number of ether oxygens (including phenoxy) is 1. The molecule has 6 nitrogen and oxygen atoms in total. The number of likely N-dealkylation sites (tertiary alicyclic amines) is 1. The third-order valence-corrected chi connectivity index (χ3v) is 2.69. The Morgan fingerprint density at radius 3 is 2.44 bits per heavy atom. The number of carboxylic acids is 1. The van der Waals surface area contributed by atoms with Gasteiger partial charge in [-0.05, 0) is 13.8 Å². The summed E-state index contributed by atoms with van der Waals surface area (Å²) >= 11 is 0. The summed E-state index contributed by atoms with van der Waals surface area (Å²) in [5.41, 5.74) is 4.62. The van der Waals surface area contributed by atoms with E-state index in [4.69, 9.17) is 15.6 Å². The number of carboxylic acid groups (broad SMARTS) is 1. The molecule has 1 rings (SSSR count). The molecule has 0 aromatic carbocycles. The lowest BCUT2D eigenvalue weighted by atomic mass is 10.0. The first-order valence-corrected chi connectivity index (χ1v) is 5.13. The second-order valence-corrected chi connectivity index (χ2v) is 4.63. The molecular weight excluding hydrogens is 212 g/mol. The van der Waals surface area contributed by atoms with Crippen molar-refractivity contribution in [3.63, 3.8) is 0 Å². The zero-order valence-electron chi connectivity index (χ0n) is 9.77. The molecule has 0 aliphatic carbocycles. The van der Waals surface area contributed by atoms with Crippen LogP contribution in [0.2, 0.25) is 0 Å². The van der Waals surface area contributed by atoms with Crippen molar-refractivity contribution in [2.45, 2.75) is 38.0 Å². The van der Waals surface area contributed by atoms with Crippen LogP contribution in [-0.4, -0.2) is 53.2 Å². The number of hydrogen-bond donors (Lipinski definition) is 2. The minimum absolute atomic E-state index is 0.229. The monoisotopic (exact) mass is 230 g/mol. The lowest BCUT2D eigenvalue weighted by Gasteiger charge is -2.28. The van der Waals surface area contributed by atoms with Gasteiger partial charge in [-0.25, -0.2) is 4.79 Å². The Bertz CT molecular complexity index is 298. The first-order chi connectivity index (χ1) is 7.27. The number of methoxy groups -OCH3 is 1. The number of carbonyl (C=O) groups excluding carboxylic acids is 1. The highest BCUT2D eigenvalue weighted by atomic mass is 16.5. The van der Waals surface area contributed by atoms with Crippen LogP contribution in [0, 0.1) is 0 Å². The van der Waals surface area contributed by atoms with Crippen LogP contribution in [0.5, 0.6) is 0 Å². The van der Waals surface area contributed by atoms with E-state index in [1.165, 1.54) is 12.0 Å². The molecule has 2 atom stereocenters. The van der Waals surface area contributed by atoms with Crippen molar-refractivity contribution >= 4 is 11.9 Å². The highest BCUT2D eigenvalue weighted by Gasteiger charge is 2.43. The summed E-state index contributed by atoms with van der Waals surface area (Å²) in [6, 6.07) is -0.833. The number of rotatable bonds is 3. The van der Waals surface area contributed by atoms with Crippen molar-refractivity contribution in [2.75, 3.05) is 13.7 Å². The normalized spacial score (nSPS) is 25.9. The summed E-state index contributed by atoms with van der Waals surface area (Å²) in [7, 11) is 1.51. The molecule has 0 spiro atoms. The van der Waals surface area contributed by atoms with E-state index >= 15 is 0 Å². The molecule has 1 heterocycles. The summed E-state index contributed by atoms with van der Waals surface area (Å²) in [4.78, 5) is 24.2. The lowest BCUT2D eigenvalue weighted by molar-refractivity contribution is -0.150. The predicted molar refractivity (Wildman–Crippen MR) is 56.8 cm³/mol. The van der Waals surface area contributed by atoms with Crippen LogP contribution >= 0.6 is 0 Å². The summed E-state index contributed by atoms with van der Waals surface area (Å²) in [5, 5.41) is 9.02. The Morgan fingerprint density at radius 1 is 1.50 bits per heavy atom. The van der Waals surface area contributed by atoms with Crippen molar-refractivity contribution in [1.29, 1.82) is 0 Å². The van der Waals surface area contributed by atoms with Crippen LogP contribution in [0.4, 0.5) is 0 Å². The van der Waals surface area contributed by atoms with Crippen LogP contribution in [0.25, 0.3) is 0 Å². The molecule has 0 radical (unpaired) electrons. The average molecular weight is 230 g/mol. The van der Waals surface area contributed by atoms with Gasteiger partial charge in [-0.15, -0.1) is 0 Å². The fourth-order valence-corrected chi connectivity index (χ4v) is 1.80. The standard InChI is InChI=1S/C10H18N2O4/c1-10(2,11)9(15)12-5-6(16-3)4-7(12)8(13)14/h6-7H,4-5,11H2,1-3H3,(H,13,14). The van der Waals surface area contributed by atoms with Gasteiger partial charge >= 0.3 is 5.97 Å². The van der Waals surface area contributed by atoms with Crippen molar-refractivity contribution in [3.8, 4) is 0 Å². The highest BCUT2D eigenvalue weighted by molar-refractivity contribution is 5.90. The number of nitrogens with zero attached hydrogens (tertiary/aromatic N) is 1. The van der Waals surface area contributed by atoms with E-state index in [-0.39, 0.29) is 18.6 Å². The second-order valence-electron chi connectivity index (χ2n) is 4.63. The quantitative estimate of drug-likeness (QED) is 0.677. The topological polar surface area (TPSA) is 92.9 Å². The molecule has 6 heteroatoms. The largest absolute Gasteiger partial charge is 0.480 e. The summed E-state index contributed by atoms with van der Waals surface area (Å²) in [6.07, 6.45) is 0.0839. The van der Waals surface area contributed by atoms with Crippen molar-refractivity contribution in [1.82, 2.24) is 4.90 Å². The van der Waals surface area contributed by atoms with E-state index in [9.17, 15) is 9.59 Å². The van der Waals surface area contributed by atoms with Crippen LogP contribution < -0.4 is 5.73 Å². The maximum absolute atomic E-state index is 11.9. The van der Waals surface area contributed by atoms with Crippen LogP contribution in [0.15, 0.2) is 0 Å². The Kier molecular flexibility index (Phi) is 3.54. The van der Waals surface area contributed by atoms with Gasteiger partial charge < -0.3 is 20.5 Å². The predicted octanol–water partition coefficient (Wildman–Crippen LogP) is -0.576. The smallest absolute Gasteiger partial charge is 0.326 e. The molecule has 92 valence electrons. The minimum Gasteiger partial charge on any atom is -0.480 e. The second kappa shape index (κ2) is 4.39. The van der Waals surface area contributed by atoms with E-state index in [1.54, 1.807) is 13.8 Å². The fraction of sp³-hybridized carbons (Fsp3) is 0.800. The molecule has 1 aliphatic heterocycles. The molecule has 0 bridgehead atoms. The highest BCUT2D eigenvalue weighted by Crippen LogP contribution is 2.22. The third-order valence-electron chi connectivity index (χ3n) is 2.69. The number of hydrogen-bond acceptors (Lipinski definition) is 4.